The van der Waals surface area contributed by atoms with Crippen molar-refractivity contribution in [3.63, 3.8) is 0 Å². The molecule has 3 heteroatoms. The SMILES string of the molecule is C=C(c1ccc(OCCO)cc1)C(C)(C)O. The standard InChI is InChI=1S/C13H18O3/c1-10(13(2,3)15)11-4-6-12(7-5-11)16-9-8-14/h4-7,14-15H,1,8-9H2,2-3H3. The van der Waals surface area contributed by atoms with Gasteiger partial charge in [-0.05, 0) is 37.1 Å². The lowest BCUT2D eigenvalue weighted by atomic mass is 9.93. The maximum absolute atomic E-state index is 9.79. The van der Waals surface area contributed by atoms with Crippen molar-refractivity contribution in [3.8, 4) is 5.75 Å². The second-order valence-corrected chi connectivity index (χ2v) is 4.13. The van der Waals surface area contributed by atoms with Crippen LogP contribution in [-0.2, 0) is 0 Å². The van der Waals surface area contributed by atoms with Crippen molar-refractivity contribution in [1.82, 2.24) is 0 Å². The topological polar surface area (TPSA) is 49.7 Å². The number of hydrogen-bond acceptors (Lipinski definition) is 3. The van der Waals surface area contributed by atoms with Crippen LogP contribution in [0.4, 0.5) is 0 Å². The summed E-state index contributed by atoms with van der Waals surface area (Å²) in [7, 11) is 0. The summed E-state index contributed by atoms with van der Waals surface area (Å²) in [4.78, 5) is 0. The molecule has 0 unspecified atom stereocenters. The molecular formula is C13H18O3. The number of aliphatic hydroxyl groups is 2. The Hall–Kier alpha value is -1.32. The summed E-state index contributed by atoms with van der Waals surface area (Å²) in [6.07, 6.45) is 0. The molecule has 0 bridgehead atoms. The molecule has 0 heterocycles. The Kier molecular flexibility index (Phi) is 4.10. The van der Waals surface area contributed by atoms with Gasteiger partial charge in [-0.3, -0.25) is 0 Å². The predicted molar refractivity (Wildman–Crippen MR) is 64.4 cm³/mol. The molecule has 0 radical (unpaired) electrons. The van der Waals surface area contributed by atoms with E-state index in [9.17, 15) is 5.11 Å². The fourth-order valence-electron chi connectivity index (χ4n) is 1.27. The second-order valence-electron chi connectivity index (χ2n) is 4.13. The van der Waals surface area contributed by atoms with Gasteiger partial charge in [0.2, 0.25) is 0 Å². The molecule has 0 atom stereocenters. The van der Waals surface area contributed by atoms with Crippen LogP contribution in [0.25, 0.3) is 5.57 Å². The maximum Gasteiger partial charge on any atom is 0.119 e. The van der Waals surface area contributed by atoms with Gasteiger partial charge in [0.1, 0.15) is 12.4 Å². The molecule has 0 aliphatic heterocycles. The molecule has 1 aromatic rings. The number of benzene rings is 1. The minimum absolute atomic E-state index is 0.00185. The summed E-state index contributed by atoms with van der Waals surface area (Å²) in [5.41, 5.74) is 0.623. The lowest BCUT2D eigenvalue weighted by Crippen LogP contribution is -2.19. The van der Waals surface area contributed by atoms with Gasteiger partial charge in [-0.2, -0.15) is 0 Å². The van der Waals surface area contributed by atoms with Crippen molar-refractivity contribution in [2.75, 3.05) is 13.2 Å². The molecule has 0 aromatic heterocycles. The Morgan fingerprint density at radius 2 is 1.88 bits per heavy atom. The zero-order chi connectivity index (χ0) is 12.2. The number of aliphatic hydroxyl groups excluding tert-OH is 1. The van der Waals surface area contributed by atoms with E-state index in [1.54, 1.807) is 26.0 Å². The van der Waals surface area contributed by atoms with E-state index in [-0.39, 0.29) is 13.2 Å². The van der Waals surface area contributed by atoms with Gasteiger partial charge in [-0.1, -0.05) is 18.7 Å². The summed E-state index contributed by atoms with van der Waals surface area (Å²) in [6, 6.07) is 7.27. The first-order chi connectivity index (χ1) is 7.45. The summed E-state index contributed by atoms with van der Waals surface area (Å²) in [5.74, 6) is 0.696. The zero-order valence-corrected chi connectivity index (χ0v) is 9.73. The van der Waals surface area contributed by atoms with E-state index in [1.165, 1.54) is 0 Å². The quantitative estimate of drug-likeness (QED) is 0.799. The van der Waals surface area contributed by atoms with E-state index in [0.717, 1.165) is 5.56 Å². The predicted octanol–water partition coefficient (Wildman–Crippen LogP) is 1.84. The van der Waals surface area contributed by atoms with Gasteiger partial charge in [-0.25, -0.2) is 0 Å². The highest BCUT2D eigenvalue weighted by molar-refractivity contribution is 5.69. The molecule has 0 saturated heterocycles. The van der Waals surface area contributed by atoms with Gasteiger partial charge in [0.05, 0.1) is 12.2 Å². The molecule has 1 aromatic carbocycles. The van der Waals surface area contributed by atoms with Gasteiger partial charge >= 0.3 is 0 Å². The van der Waals surface area contributed by atoms with E-state index < -0.39 is 5.60 Å². The van der Waals surface area contributed by atoms with Crippen LogP contribution in [0.3, 0.4) is 0 Å². The summed E-state index contributed by atoms with van der Waals surface area (Å²) < 4.78 is 5.23. The molecular weight excluding hydrogens is 204 g/mol. The third kappa shape index (κ3) is 3.36. The first kappa shape index (κ1) is 12.7. The van der Waals surface area contributed by atoms with Crippen molar-refractivity contribution in [1.29, 1.82) is 0 Å². The minimum Gasteiger partial charge on any atom is -0.491 e. The third-order valence-electron chi connectivity index (χ3n) is 2.30. The number of ether oxygens (including phenoxy) is 1. The Bertz CT molecular complexity index is 346. The largest absolute Gasteiger partial charge is 0.491 e. The summed E-state index contributed by atoms with van der Waals surface area (Å²) in [6.45, 7) is 7.54. The molecule has 16 heavy (non-hydrogen) atoms. The number of rotatable bonds is 5. The average Bonchev–Trinajstić information content (AvgIpc) is 2.25. The van der Waals surface area contributed by atoms with Gasteiger partial charge in [0.25, 0.3) is 0 Å². The average molecular weight is 222 g/mol. The van der Waals surface area contributed by atoms with Gasteiger partial charge in [0.15, 0.2) is 0 Å². The van der Waals surface area contributed by atoms with E-state index in [1.807, 2.05) is 12.1 Å². The Labute approximate surface area is 96.0 Å². The van der Waals surface area contributed by atoms with Gasteiger partial charge < -0.3 is 14.9 Å². The molecule has 0 amide bonds. The molecule has 3 nitrogen and oxygen atoms in total. The Balaban J connectivity index is 2.75. The van der Waals surface area contributed by atoms with Crippen LogP contribution in [0.5, 0.6) is 5.75 Å². The lowest BCUT2D eigenvalue weighted by Gasteiger charge is -2.20. The van der Waals surface area contributed by atoms with Crippen molar-refractivity contribution in [3.05, 3.63) is 36.4 Å². The van der Waals surface area contributed by atoms with Crippen molar-refractivity contribution in [2.24, 2.45) is 0 Å². The normalized spacial score (nSPS) is 11.2. The van der Waals surface area contributed by atoms with Gasteiger partial charge in [-0.15, -0.1) is 0 Å². The lowest BCUT2D eigenvalue weighted by molar-refractivity contribution is 0.144. The zero-order valence-electron chi connectivity index (χ0n) is 9.73. The molecule has 0 aliphatic rings. The Morgan fingerprint density at radius 3 is 2.31 bits per heavy atom. The van der Waals surface area contributed by atoms with Crippen LogP contribution in [0.1, 0.15) is 19.4 Å². The van der Waals surface area contributed by atoms with Crippen LogP contribution >= 0.6 is 0 Å². The first-order valence-electron chi connectivity index (χ1n) is 5.21. The van der Waals surface area contributed by atoms with Crippen molar-refractivity contribution >= 4 is 5.57 Å². The fourth-order valence-corrected chi connectivity index (χ4v) is 1.27. The molecule has 88 valence electrons. The molecule has 2 N–H and O–H groups in total. The van der Waals surface area contributed by atoms with Crippen LogP contribution in [0.15, 0.2) is 30.8 Å². The first-order valence-corrected chi connectivity index (χ1v) is 5.21. The van der Waals surface area contributed by atoms with E-state index in [4.69, 9.17) is 9.84 Å². The van der Waals surface area contributed by atoms with Crippen LogP contribution < -0.4 is 4.74 Å². The minimum atomic E-state index is -0.923. The monoisotopic (exact) mass is 222 g/mol. The molecule has 0 spiro atoms. The maximum atomic E-state index is 9.79. The van der Waals surface area contributed by atoms with Crippen LogP contribution in [-0.4, -0.2) is 29.0 Å². The summed E-state index contributed by atoms with van der Waals surface area (Å²) in [5, 5.41) is 18.4. The van der Waals surface area contributed by atoms with E-state index >= 15 is 0 Å². The van der Waals surface area contributed by atoms with Crippen LogP contribution in [0, 0.1) is 0 Å². The molecule has 1 rings (SSSR count). The molecule has 0 saturated carbocycles. The van der Waals surface area contributed by atoms with Crippen molar-refractivity contribution < 1.29 is 14.9 Å². The Morgan fingerprint density at radius 1 is 1.31 bits per heavy atom. The highest BCUT2D eigenvalue weighted by atomic mass is 16.5. The highest BCUT2D eigenvalue weighted by Crippen LogP contribution is 2.26. The smallest absolute Gasteiger partial charge is 0.119 e. The highest BCUT2D eigenvalue weighted by Gasteiger charge is 2.18. The fraction of sp³-hybridized carbons (Fsp3) is 0.385. The van der Waals surface area contributed by atoms with E-state index in [2.05, 4.69) is 6.58 Å². The van der Waals surface area contributed by atoms with Gasteiger partial charge in [0, 0.05) is 0 Å². The number of hydrogen-bond donors (Lipinski definition) is 2. The van der Waals surface area contributed by atoms with E-state index in [0.29, 0.717) is 11.3 Å². The molecule has 0 aliphatic carbocycles. The second kappa shape index (κ2) is 5.14. The summed E-state index contributed by atoms with van der Waals surface area (Å²) >= 11 is 0. The van der Waals surface area contributed by atoms with Crippen LogP contribution in [0.2, 0.25) is 0 Å². The molecule has 0 fully saturated rings. The third-order valence-corrected chi connectivity index (χ3v) is 2.30. The van der Waals surface area contributed by atoms with Crippen molar-refractivity contribution in [2.45, 2.75) is 19.4 Å².